The van der Waals surface area contributed by atoms with Crippen molar-refractivity contribution in [3.05, 3.63) is 81.8 Å². The molecule has 5 fully saturated rings. The number of nitrogens with one attached hydrogen (secondary N) is 1. The van der Waals surface area contributed by atoms with Crippen LogP contribution in [0, 0.1) is 12.0 Å². The zero-order valence-electron chi connectivity index (χ0n) is 32.9. The number of aromatic nitrogens is 2. The van der Waals surface area contributed by atoms with E-state index in [-0.39, 0.29) is 24.2 Å². The van der Waals surface area contributed by atoms with E-state index in [1.807, 2.05) is 24.3 Å². The normalized spacial score (nSPS) is 24.4. The van der Waals surface area contributed by atoms with Crippen molar-refractivity contribution in [2.75, 3.05) is 73.6 Å². The zero-order chi connectivity index (χ0) is 40.1. The Morgan fingerprint density at radius 2 is 1.57 bits per heavy atom. The number of imide groups is 2. The summed E-state index contributed by atoms with van der Waals surface area (Å²) in [6.45, 7) is 18.9. The number of benzene rings is 2. The Balaban J connectivity index is 0.720. The fourth-order valence-corrected chi connectivity index (χ4v) is 10.5. The van der Waals surface area contributed by atoms with Gasteiger partial charge in [-0.2, -0.15) is 5.10 Å². The van der Waals surface area contributed by atoms with Gasteiger partial charge in [-0.15, -0.1) is 5.10 Å². The van der Waals surface area contributed by atoms with Crippen LogP contribution in [0.2, 0.25) is 5.02 Å². The Morgan fingerprint density at radius 3 is 2.26 bits per heavy atom. The highest BCUT2D eigenvalue weighted by Crippen LogP contribution is 2.46. The molecule has 14 nitrogen and oxygen atoms in total. The van der Waals surface area contributed by atoms with Gasteiger partial charge in [0.15, 0.2) is 5.82 Å². The summed E-state index contributed by atoms with van der Waals surface area (Å²) in [6, 6.07) is 15.4. The summed E-state index contributed by atoms with van der Waals surface area (Å²) >= 11 is 6.39. The van der Waals surface area contributed by atoms with Crippen molar-refractivity contribution >= 4 is 58.1 Å². The highest BCUT2D eigenvalue weighted by Gasteiger charge is 2.46. The molecule has 0 saturated carbocycles. The number of amides is 4. The van der Waals surface area contributed by atoms with Gasteiger partial charge in [-0.1, -0.05) is 17.7 Å². The number of rotatable bonds is 7. The standard InChI is InChI=1S/C43H49ClN10O4/c1-28-25-43(27-53(28)32-5-7-36(45-2)35(44)24-32)13-17-52(18-14-43)38-9-3-29(47-48-38)26-49-15-11-30(12-16-49)50-19-21-51(22-20-50)31-4-6-33-34(23-31)42(58)54(41(33)57)37-8-10-39(55)46-40(37)56/h3-7,9,23-24,28,30,37H,8,10-22,25-27H2,1H3,(H,46,55,56)/t28-,37?/m0/s1. The minimum Gasteiger partial charge on any atom is -0.369 e. The van der Waals surface area contributed by atoms with E-state index in [1.54, 1.807) is 12.1 Å². The van der Waals surface area contributed by atoms with Crippen LogP contribution in [0.1, 0.15) is 78.3 Å². The predicted molar refractivity (Wildman–Crippen MR) is 220 cm³/mol. The molecule has 0 aliphatic carbocycles. The summed E-state index contributed by atoms with van der Waals surface area (Å²) in [5.41, 5.74) is 4.40. The first-order valence-corrected chi connectivity index (χ1v) is 21.0. The van der Waals surface area contributed by atoms with Gasteiger partial charge >= 0.3 is 0 Å². The van der Waals surface area contributed by atoms with Gasteiger partial charge in [0.2, 0.25) is 17.5 Å². The van der Waals surface area contributed by atoms with Crippen molar-refractivity contribution in [3.63, 3.8) is 0 Å². The van der Waals surface area contributed by atoms with Crippen LogP contribution in [-0.4, -0.2) is 126 Å². The highest BCUT2D eigenvalue weighted by molar-refractivity contribution is 6.33. The molecule has 302 valence electrons. The second-order valence-electron chi connectivity index (χ2n) is 17.0. The molecule has 0 bridgehead atoms. The Hall–Kier alpha value is -5.10. The summed E-state index contributed by atoms with van der Waals surface area (Å²) in [5.74, 6) is -0.978. The van der Waals surface area contributed by atoms with E-state index in [4.69, 9.17) is 18.2 Å². The summed E-state index contributed by atoms with van der Waals surface area (Å²) in [5, 5.41) is 12.1. The number of piperazine rings is 1. The monoisotopic (exact) mass is 804 g/mol. The van der Waals surface area contributed by atoms with E-state index in [0.717, 1.165) is 125 Å². The minimum absolute atomic E-state index is 0.101. The van der Waals surface area contributed by atoms with E-state index < -0.39 is 23.8 Å². The lowest BCUT2D eigenvalue weighted by molar-refractivity contribution is -0.136. The average molecular weight is 805 g/mol. The number of halogens is 1. The fourth-order valence-electron chi connectivity index (χ4n) is 10.3. The van der Waals surface area contributed by atoms with Crippen molar-refractivity contribution < 1.29 is 19.2 Å². The topological polar surface area (TPSA) is 130 Å². The van der Waals surface area contributed by atoms with Crippen molar-refractivity contribution in [1.82, 2.24) is 30.2 Å². The Morgan fingerprint density at radius 1 is 0.828 bits per heavy atom. The SMILES string of the molecule is [C-]#[N+]c1ccc(N2CC3(CCN(c4ccc(CN5CCC(N6CCN(c7ccc8c(c7)C(=O)N(C7CCC(=O)NC7=O)C8=O)CC6)CC5)nn4)CC3)C[C@@H]2C)cc1Cl. The molecule has 1 unspecified atom stereocenters. The zero-order valence-corrected chi connectivity index (χ0v) is 33.7. The highest BCUT2D eigenvalue weighted by atomic mass is 35.5. The van der Waals surface area contributed by atoms with Crippen LogP contribution in [0.4, 0.5) is 22.9 Å². The van der Waals surface area contributed by atoms with E-state index in [1.165, 1.54) is 0 Å². The molecule has 1 N–H and O–H groups in total. The van der Waals surface area contributed by atoms with Crippen LogP contribution >= 0.6 is 11.6 Å². The molecular formula is C43H49ClN10O4. The second kappa shape index (κ2) is 15.6. The maximum Gasteiger partial charge on any atom is 0.262 e. The van der Waals surface area contributed by atoms with Gasteiger partial charge in [-0.05, 0) is 93.3 Å². The van der Waals surface area contributed by atoms with Gasteiger partial charge in [0.1, 0.15) is 6.04 Å². The number of piperidine rings is 3. The quantitative estimate of drug-likeness (QED) is 0.263. The Kier molecular flexibility index (Phi) is 10.3. The van der Waals surface area contributed by atoms with Crippen LogP contribution < -0.4 is 20.0 Å². The number of likely N-dealkylation sites (tertiary alicyclic amines) is 1. The first kappa shape index (κ1) is 38.4. The van der Waals surface area contributed by atoms with Crippen molar-refractivity contribution in [1.29, 1.82) is 0 Å². The number of hydrogen-bond acceptors (Lipinski definition) is 11. The van der Waals surface area contributed by atoms with Crippen molar-refractivity contribution in [3.8, 4) is 0 Å². The van der Waals surface area contributed by atoms with Gasteiger partial charge in [0, 0.05) is 100 Å². The molecule has 2 atom stereocenters. The Labute approximate surface area is 343 Å². The van der Waals surface area contributed by atoms with Gasteiger partial charge in [-0.25, -0.2) is 4.85 Å². The predicted octanol–water partition coefficient (Wildman–Crippen LogP) is 4.75. The van der Waals surface area contributed by atoms with Gasteiger partial charge in [0.25, 0.3) is 11.8 Å². The molecular weight excluding hydrogens is 756 g/mol. The number of nitrogens with zero attached hydrogens (tertiary/aromatic N) is 9. The molecule has 1 spiro atoms. The number of hydrogen-bond donors (Lipinski definition) is 1. The first-order chi connectivity index (χ1) is 28.1. The molecule has 3 aromatic rings. The van der Waals surface area contributed by atoms with Crippen LogP contribution in [0.25, 0.3) is 4.85 Å². The van der Waals surface area contributed by atoms with Gasteiger partial charge in [-0.3, -0.25) is 39.2 Å². The average Bonchev–Trinajstić information content (AvgIpc) is 3.69. The third-order valence-electron chi connectivity index (χ3n) is 13.6. The lowest BCUT2D eigenvalue weighted by atomic mass is 9.77. The fraction of sp³-hybridized carbons (Fsp3) is 0.512. The van der Waals surface area contributed by atoms with Crippen LogP contribution in [0.5, 0.6) is 0 Å². The molecule has 58 heavy (non-hydrogen) atoms. The third kappa shape index (κ3) is 7.28. The first-order valence-electron chi connectivity index (χ1n) is 20.7. The summed E-state index contributed by atoms with van der Waals surface area (Å²) < 4.78 is 0. The lowest BCUT2D eigenvalue weighted by Gasteiger charge is -2.43. The second-order valence-corrected chi connectivity index (χ2v) is 17.4. The Bertz CT molecular complexity index is 2150. The largest absolute Gasteiger partial charge is 0.369 e. The van der Waals surface area contributed by atoms with Crippen LogP contribution in [0.15, 0.2) is 48.5 Å². The summed E-state index contributed by atoms with van der Waals surface area (Å²) in [4.78, 5) is 67.3. The lowest BCUT2D eigenvalue weighted by Crippen LogP contribution is -2.54. The molecule has 6 aliphatic heterocycles. The van der Waals surface area contributed by atoms with Gasteiger partial charge < -0.3 is 14.7 Å². The molecule has 9 rings (SSSR count). The van der Waals surface area contributed by atoms with Gasteiger partial charge in [0.05, 0.1) is 23.4 Å². The van der Waals surface area contributed by atoms with Crippen LogP contribution in [-0.2, 0) is 16.1 Å². The molecule has 0 radical (unpaired) electrons. The van der Waals surface area contributed by atoms with Crippen molar-refractivity contribution in [2.45, 2.75) is 76.5 Å². The summed E-state index contributed by atoms with van der Waals surface area (Å²) in [6.07, 6.45) is 5.82. The van der Waals surface area contributed by atoms with E-state index in [2.05, 4.69) is 63.9 Å². The molecule has 7 heterocycles. The molecule has 1 aromatic heterocycles. The summed E-state index contributed by atoms with van der Waals surface area (Å²) in [7, 11) is 0. The number of anilines is 3. The smallest absolute Gasteiger partial charge is 0.262 e. The molecule has 15 heteroatoms. The van der Waals surface area contributed by atoms with Crippen molar-refractivity contribution in [2.24, 2.45) is 5.41 Å². The molecule has 4 amide bonds. The third-order valence-corrected chi connectivity index (χ3v) is 13.9. The number of carbonyl (C=O) groups is 4. The van der Waals surface area contributed by atoms with E-state index in [0.29, 0.717) is 33.9 Å². The maximum atomic E-state index is 13.4. The number of carbonyl (C=O) groups excluding carboxylic acids is 4. The maximum absolute atomic E-state index is 13.4. The molecule has 5 saturated heterocycles. The van der Waals surface area contributed by atoms with E-state index in [9.17, 15) is 19.2 Å². The molecule has 6 aliphatic rings. The van der Waals surface area contributed by atoms with Crippen LogP contribution in [0.3, 0.4) is 0 Å². The minimum atomic E-state index is -0.963. The van der Waals surface area contributed by atoms with E-state index >= 15 is 0 Å². The molecule has 2 aromatic carbocycles. The number of fused-ring (bicyclic) bond motifs is 1.